The van der Waals surface area contributed by atoms with Crippen LogP contribution in [0.1, 0.15) is 0 Å². The summed E-state index contributed by atoms with van der Waals surface area (Å²) in [6, 6.07) is 0.545. The van der Waals surface area contributed by atoms with E-state index < -0.39 is 0 Å². The van der Waals surface area contributed by atoms with Gasteiger partial charge >= 0.3 is 0 Å². The van der Waals surface area contributed by atoms with Crippen LogP contribution in [0, 0.1) is 0 Å². The molecule has 2 fully saturated rings. The van der Waals surface area contributed by atoms with Crippen molar-refractivity contribution in [1.82, 2.24) is 10.6 Å². The summed E-state index contributed by atoms with van der Waals surface area (Å²) in [6.45, 7) is 1.77. The highest BCUT2D eigenvalue weighted by atomic mass is 32.2. The van der Waals surface area contributed by atoms with Crippen molar-refractivity contribution in [2.45, 2.75) is 11.5 Å². The Balaban J connectivity index is 1.97. The molecule has 0 bridgehead atoms. The highest BCUT2D eigenvalue weighted by Crippen LogP contribution is 2.22. The van der Waals surface area contributed by atoms with Gasteiger partial charge in [-0.15, -0.1) is 11.8 Å². The topological polar surface area (TPSA) is 33.3 Å². The van der Waals surface area contributed by atoms with Crippen LogP contribution in [0.2, 0.25) is 0 Å². The third kappa shape index (κ3) is 1.08. The number of thioether (sulfide) groups is 1. The highest BCUT2D eigenvalue weighted by Gasteiger charge is 2.30. The summed E-state index contributed by atoms with van der Waals surface area (Å²) < 4.78 is 5.39. The van der Waals surface area contributed by atoms with Gasteiger partial charge < -0.3 is 10.1 Å². The zero-order chi connectivity index (χ0) is 6.10. The summed E-state index contributed by atoms with van der Waals surface area (Å²) in [4.78, 5) is 0. The Morgan fingerprint density at radius 3 is 3.44 bits per heavy atom. The predicted molar refractivity (Wildman–Crippen MR) is 37.1 cm³/mol. The van der Waals surface area contributed by atoms with E-state index >= 15 is 0 Å². The Morgan fingerprint density at radius 2 is 2.56 bits per heavy atom. The van der Waals surface area contributed by atoms with E-state index in [1.165, 1.54) is 0 Å². The molecule has 2 atom stereocenters. The van der Waals surface area contributed by atoms with Gasteiger partial charge in [-0.1, -0.05) is 0 Å². The third-order valence-corrected chi connectivity index (χ3v) is 2.76. The fourth-order valence-electron chi connectivity index (χ4n) is 1.14. The van der Waals surface area contributed by atoms with Crippen LogP contribution in [-0.4, -0.2) is 30.6 Å². The highest BCUT2D eigenvalue weighted by molar-refractivity contribution is 8.00. The third-order valence-electron chi connectivity index (χ3n) is 1.64. The largest absolute Gasteiger partial charge is 0.351 e. The molecule has 0 amide bonds. The van der Waals surface area contributed by atoms with Gasteiger partial charge in [-0.3, -0.25) is 5.32 Å². The minimum Gasteiger partial charge on any atom is -0.351 e. The molecule has 2 saturated heterocycles. The van der Waals surface area contributed by atoms with Crippen molar-refractivity contribution < 1.29 is 4.74 Å². The maximum atomic E-state index is 5.39. The van der Waals surface area contributed by atoms with Crippen LogP contribution in [0.5, 0.6) is 0 Å². The van der Waals surface area contributed by atoms with Crippen LogP contribution in [0.15, 0.2) is 0 Å². The van der Waals surface area contributed by atoms with Crippen LogP contribution >= 0.6 is 11.8 Å². The van der Waals surface area contributed by atoms with Crippen LogP contribution in [0.25, 0.3) is 0 Å². The molecule has 0 saturated carbocycles. The number of fused-ring (bicyclic) bond motifs is 1. The van der Waals surface area contributed by atoms with Gasteiger partial charge in [-0.05, 0) is 0 Å². The summed E-state index contributed by atoms with van der Waals surface area (Å²) >= 11 is 1.85. The maximum absolute atomic E-state index is 5.39. The molecule has 3 nitrogen and oxygen atoms in total. The summed E-state index contributed by atoms with van der Waals surface area (Å²) in [7, 11) is 0. The molecule has 2 unspecified atom stereocenters. The maximum Gasteiger partial charge on any atom is 0.122 e. The second-order valence-electron chi connectivity index (χ2n) is 2.26. The van der Waals surface area contributed by atoms with Crippen LogP contribution in [0.4, 0.5) is 0 Å². The van der Waals surface area contributed by atoms with Gasteiger partial charge in [0.1, 0.15) is 5.44 Å². The molecule has 2 aliphatic rings. The van der Waals surface area contributed by atoms with Gasteiger partial charge in [0.15, 0.2) is 0 Å². The van der Waals surface area contributed by atoms with Gasteiger partial charge in [-0.2, -0.15) is 0 Å². The lowest BCUT2D eigenvalue weighted by molar-refractivity contribution is 0.0455. The molecule has 0 aromatic carbocycles. The Morgan fingerprint density at radius 1 is 1.56 bits per heavy atom. The first kappa shape index (κ1) is 5.97. The van der Waals surface area contributed by atoms with E-state index in [2.05, 4.69) is 10.6 Å². The van der Waals surface area contributed by atoms with E-state index in [-0.39, 0.29) is 0 Å². The van der Waals surface area contributed by atoms with Gasteiger partial charge in [-0.25, -0.2) is 0 Å². The fraction of sp³-hybridized carbons (Fsp3) is 1.00. The first-order chi connectivity index (χ1) is 4.47. The van der Waals surface area contributed by atoms with Crippen molar-refractivity contribution >= 4 is 11.8 Å². The minimum atomic E-state index is 0.409. The van der Waals surface area contributed by atoms with E-state index in [1.807, 2.05) is 11.8 Å². The first-order valence-electron chi connectivity index (χ1n) is 3.14. The molecule has 0 aliphatic carbocycles. The molecule has 2 heterocycles. The minimum absolute atomic E-state index is 0.409. The molecule has 52 valence electrons. The van der Waals surface area contributed by atoms with E-state index in [0.717, 1.165) is 19.2 Å². The Bertz CT molecular complexity index is 99.1. The van der Waals surface area contributed by atoms with Crippen molar-refractivity contribution in [3.63, 3.8) is 0 Å². The monoisotopic (exact) mass is 146 g/mol. The number of hydrogen-bond acceptors (Lipinski definition) is 4. The molecule has 2 rings (SSSR count). The van der Waals surface area contributed by atoms with Crippen molar-refractivity contribution in [2.24, 2.45) is 0 Å². The number of rotatable bonds is 0. The van der Waals surface area contributed by atoms with Crippen molar-refractivity contribution in [3.05, 3.63) is 0 Å². The first-order valence-corrected chi connectivity index (χ1v) is 4.19. The average Bonchev–Trinajstić information content (AvgIpc) is 2.33. The lowest BCUT2D eigenvalue weighted by Gasteiger charge is -2.24. The van der Waals surface area contributed by atoms with E-state index in [1.54, 1.807) is 0 Å². The van der Waals surface area contributed by atoms with E-state index in [9.17, 15) is 0 Å². The summed E-state index contributed by atoms with van der Waals surface area (Å²) in [6.07, 6.45) is 0. The zero-order valence-electron chi connectivity index (χ0n) is 5.09. The zero-order valence-corrected chi connectivity index (χ0v) is 5.91. The molecule has 0 aromatic heterocycles. The van der Waals surface area contributed by atoms with Crippen molar-refractivity contribution in [1.29, 1.82) is 0 Å². The quantitative estimate of drug-likeness (QED) is 0.485. The molecule has 2 N–H and O–H groups in total. The molecule has 0 radical (unpaired) electrons. The molecular weight excluding hydrogens is 136 g/mol. The van der Waals surface area contributed by atoms with Gasteiger partial charge in [0.2, 0.25) is 0 Å². The SMILES string of the molecule is C1NCC2NCSC2O1. The van der Waals surface area contributed by atoms with E-state index in [0.29, 0.717) is 11.5 Å². The van der Waals surface area contributed by atoms with Crippen molar-refractivity contribution in [2.75, 3.05) is 19.2 Å². The normalized spacial score (nSPS) is 42.7. The second-order valence-corrected chi connectivity index (χ2v) is 3.34. The number of hydrogen-bond donors (Lipinski definition) is 2. The Kier molecular flexibility index (Phi) is 1.63. The van der Waals surface area contributed by atoms with Crippen LogP contribution in [-0.2, 0) is 4.74 Å². The number of nitrogens with one attached hydrogen (secondary N) is 2. The molecule has 2 aliphatic heterocycles. The van der Waals surface area contributed by atoms with Crippen LogP contribution < -0.4 is 10.6 Å². The van der Waals surface area contributed by atoms with Gasteiger partial charge in [0.25, 0.3) is 0 Å². The fourth-order valence-corrected chi connectivity index (χ4v) is 2.20. The average molecular weight is 146 g/mol. The molecule has 9 heavy (non-hydrogen) atoms. The van der Waals surface area contributed by atoms with Crippen molar-refractivity contribution in [3.8, 4) is 0 Å². The summed E-state index contributed by atoms with van der Waals surface area (Å²) in [5, 5.41) is 6.49. The predicted octanol–water partition coefficient (Wildman–Crippen LogP) is -0.448. The lowest BCUT2D eigenvalue weighted by atomic mass is 10.3. The number of ether oxygens (including phenoxy) is 1. The Hall–Kier alpha value is 0.230. The molecule has 0 aromatic rings. The smallest absolute Gasteiger partial charge is 0.122 e. The van der Waals surface area contributed by atoms with Gasteiger partial charge in [0, 0.05) is 12.4 Å². The summed E-state index contributed by atoms with van der Waals surface area (Å²) in [5.41, 5.74) is 0.409. The molecule has 4 heteroatoms. The standard InChI is InChI=1S/C5H10N2OS/c1-4-5(8-2-6-1)9-3-7-4/h4-7H,1-3H2. The lowest BCUT2D eigenvalue weighted by Crippen LogP contribution is -2.47. The summed E-state index contributed by atoms with van der Waals surface area (Å²) in [5.74, 6) is 1.04. The molecular formula is C5H10N2OS. The van der Waals surface area contributed by atoms with E-state index in [4.69, 9.17) is 4.74 Å². The molecule has 0 spiro atoms. The Labute approximate surface area is 58.5 Å². The van der Waals surface area contributed by atoms with Crippen LogP contribution in [0.3, 0.4) is 0 Å². The van der Waals surface area contributed by atoms with Gasteiger partial charge in [0.05, 0.1) is 12.8 Å². The second kappa shape index (κ2) is 2.46.